The Morgan fingerprint density at radius 3 is 2.50 bits per heavy atom. The van der Waals surface area contributed by atoms with Crippen LogP contribution in [-0.4, -0.2) is 9.97 Å². The van der Waals surface area contributed by atoms with Gasteiger partial charge in [-0.05, 0) is 30.5 Å². The topological polar surface area (TPSA) is 37.8 Å². The number of unbranched alkanes of at least 4 members (excludes halogenated alkanes) is 1. The smallest absolute Gasteiger partial charge is 0.135 e. The standard InChI is InChI=1S/C16H20ClN3/c1-3-5-6-12-7-9-13(10-8-12)18-16-11-14(17)19-15(4-2)20-16/h7-11H,3-6H2,1-2H3,(H,18,19,20). The lowest BCUT2D eigenvalue weighted by atomic mass is 10.1. The molecule has 0 spiro atoms. The van der Waals surface area contributed by atoms with Crippen molar-refractivity contribution in [3.8, 4) is 0 Å². The van der Waals surface area contributed by atoms with Gasteiger partial charge in [-0.2, -0.15) is 0 Å². The first kappa shape index (κ1) is 14.8. The largest absolute Gasteiger partial charge is 0.340 e. The van der Waals surface area contributed by atoms with E-state index in [1.165, 1.54) is 18.4 Å². The monoisotopic (exact) mass is 289 g/mol. The summed E-state index contributed by atoms with van der Waals surface area (Å²) in [6.07, 6.45) is 4.36. The summed E-state index contributed by atoms with van der Waals surface area (Å²) in [6, 6.07) is 10.2. The van der Waals surface area contributed by atoms with Crippen LogP contribution in [0.4, 0.5) is 11.5 Å². The maximum atomic E-state index is 5.99. The Morgan fingerprint density at radius 2 is 1.85 bits per heavy atom. The highest BCUT2D eigenvalue weighted by atomic mass is 35.5. The second-order valence-corrected chi connectivity index (χ2v) is 5.16. The average Bonchev–Trinajstić information content (AvgIpc) is 2.46. The summed E-state index contributed by atoms with van der Waals surface area (Å²) >= 11 is 5.99. The van der Waals surface area contributed by atoms with Crippen molar-refractivity contribution in [3.05, 3.63) is 46.9 Å². The van der Waals surface area contributed by atoms with Crippen LogP contribution in [0.2, 0.25) is 5.15 Å². The number of aromatic nitrogens is 2. The molecule has 20 heavy (non-hydrogen) atoms. The van der Waals surface area contributed by atoms with Crippen molar-refractivity contribution in [2.45, 2.75) is 39.5 Å². The van der Waals surface area contributed by atoms with Gasteiger partial charge in [0.05, 0.1) is 0 Å². The van der Waals surface area contributed by atoms with Crippen molar-refractivity contribution in [2.24, 2.45) is 0 Å². The molecular weight excluding hydrogens is 270 g/mol. The molecule has 1 aromatic carbocycles. The fourth-order valence-electron chi connectivity index (χ4n) is 1.97. The van der Waals surface area contributed by atoms with E-state index in [0.717, 1.165) is 30.2 Å². The van der Waals surface area contributed by atoms with E-state index in [4.69, 9.17) is 11.6 Å². The van der Waals surface area contributed by atoms with Gasteiger partial charge in [-0.15, -0.1) is 0 Å². The van der Waals surface area contributed by atoms with Crippen molar-refractivity contribution >= 4 is 23.1 Å². The highest BCUT2D eigenvalue weighted by Gasteiger charge is 2.02. The van der Waals surface area contributed by atoms with E-state index in [1.54, 1.807) is 6.07 Å². The van der Waals surface area contributed by atoms with E-state index in [9.17, 15) is 0 Å². The molecule has 1 heterocycles. The molecule has 0 bridgehead atoms. The molecule has 0 amide bonds. The molecule has 2 aromatic rings. The predicted octanol–water partition coefficient (Wildman–Crippen LogP) is 4.78. The minimum Gasteiger partial charge on any atom is -0.340 e. The number of halogens is 1. The second-order valence-electron chi connectivity index (χ2n) is 4.77. The third-order valence-electron chi connectivity index (χ3n) is 3.10. The molecule has 0 aliphatic carbocycles. The summed E-state index contributed by atoms with van der Waals surface area (Å²) in [5, 5.41) is 3.74. The number of hydrogen-bond donors (Lipinski definition) is 1. The van der Waals surface area contributed by atoms with Gasteiger partial charge in [-0.25, -0.2) is 9.97 Å². The minimum atomic E-state index is 0.471. The van der Waals surface area contributed by atoms with Crippen LogP contribution in [0.25, 0.3) is 0 Å². The molecule has 0 saturated heterocycles. The average molecular weight is 290 g/mol. The van der Waals surface area contributed by atoms with Crippen LogP contribution in [0.3, 0.4) is 0 Å². The van der Waals surface area contributed by atoms with Gasteiger partial charge in [-0.3, -0.25) is 0 Å². The first-order valence-corrected chi connectivity index (χ1v) is 7.48. The molecule has 106 valence electrons. The molecular formula is C16H20ClN3. The molecule has 0 radical (unpaired) electrons. The number of nitrogens with one attached hydrogen (secondary N) is 1. The van der Waals surface area contributed by atoms with Gasteiger partial charge in [0.2, 0.25) is 0 Å². The van der Waals surface area contributed by atoms with E-state index >= 15 is 0 Å². The Bertz CT molecular complexity index is 552. The van der Waals surface area contributed by atoms with Crippen LogP contribution in [0, 0.1) is 0 Å². The Hall–Kier alpha value is -1.61. The van der Waals surface area contributed by atoms with E-state index in [1.807, 2.05) is 6.92 Å². The van der Waals surface area contributed by atoms with Crippen LogP contribution in [0.15, 0.2) is 30.3 Å². The van der Waals surface area contributed by atoms with Crippen molar-refractivity contribution in [1.29, 1.82) is 0 Å². The molecule has 1 aromatic heterocycles. The van der Waals surface area contributed by atoms with Gasteiger partial charge in [0.15, 0.2) is 0 Å². The highest BCUT2D eigenvalue weighted by Crippen LogP contribution is 2.19. The van der Waals surface area contributed by atoms with Crippen LogP contribution in [-0.2, 0) is 12.8 Å². The SMILES string of the molecule is CCCCc1ccc(Nc2cc(Cl)nc(CC)n2)cc1. The van der Waals surface area contributed by atoms with Gasteiger partial charge >= 0.3 is 0 Å². The number of aryl methyl sites for hydroxylation is 2. The van der Waals surface area contributed by atoms with Crippen molar-refractivity contribution in [3.63, 3.8) is 0 Å². The normalized spacial score (nSPS) is 10.6. The first-order chi connectivity index (χ1) is 9.71. The number of nitrogens with zero attached hydrogens (tertiary/aromatic N) is 2. The Balaban J connectivity index is 2.07. The van der Waals surface area contributed by atoms with E-state index in [2.05, 4.69) is 46.5 Å². The van der Waals surface area contributed by atoms with Crippen LogP contribution in [0.5, 0.6) is 0 Å². The summed E-state index contributed by atoms with van der Waals surface area (Å²) in [5.74, 6) is 1.49. The van der Waals surface area contributed by atoms with Crippen LogP contribution < -0.4 is 5.32 Å². The molecule has 0 saturated carbocycles. The van der Waals surface area contributed by atoms with Gasteiger partial charge in [0.25, 0.3) is 0 Å². The fourth-order valence-corrected chi connectivity index (χ4v) is 2.17. The Morgan fingerprint density at radius 1 is 1.10 bits per heavy atom. The number of anilines is 2. The van der Waals surface area contributed by atoms with E-state index < -0.39 is 0 Å². The summed E-state index contributed by atoms with van der Waals surface area (Å²) in [6.45, 7) is 4.22. The highest BCUT2D eigenvalue weighted by molar-refractivity contribution is 6.29. The summed E-state index contributed by atoms with van der Waals surface area (Å²) in [5.41, 5.74) is 2.38. The molecule has 0 aliphatic heterocycles. The van der Waals surface area contributed by atoms with Gasteiger partial charge < -0.3 is 5.32 Å². The zero-order valence-corrected chi connectivity index (χ0v) is 12.7. The molecule has 2 rings (SSSR count). The van der Waals surface area contributed by atoms with Crippen LogP contribution >= 0.6 is 11.6 Å². The first-order valence-electron chi connectivity index (χ1n) is 7.10. The molecule has 1 N–H and O–H groups in total. The third-order valence-corrected chi connectivity index (χ3v) is 3.30. The third kappa shape index (κ3) is 4.20. The van der Waals surface area contributed by atoms with Gasteiger partial charge in [0, 0.05) is 18.2 Å². The summed E-state index contributed by atoms with van der Waals surface area (Å²) in [4.78, 5) is 8.57. The predicted molar refractivity (Wildman–Crippen MR) is 84.8 cm³/mol. The zero-order chi connectivity index (χ0) is 14.4. The van der Waals surface area contributed by atoms with E-state index in [-0.39, 0.29) is 0 Å². The maximum absolute atomic E-state index is 5.99. The Kier molecular flexibility index (Phi) is 5.36. The lowest BCUT2D eigenvalue weighted by Crippen LogP contribution is -1.99. The van der Waals surface area contributed by atoms with Gasteiger partial charge in [-0.1, -0.05) is 44.0 Å². The number of rotatable bonds is 6. The van der Waals surface area contributed by atoms with Gasteiger partial charge in [0.1, 0.15) is 16.8 Å². The maximum Gasteiger partial charge on any atom is 0.135 e. The quantitative estimate of drug-likeness (QED) is 0.778. The lowest BCUT2D eigenvalue weighted by molar-refractivity contribution is 0.795. The summed E-state index contributed by atoms with van der Waals surface area (Å²) < 4.78 is 0. The molecule has 0 unspecified atom stereocenters. The zero-order valence-electron chi connectivity index (χ0n) is 12.0. The molecule has 4 heteroatoms. The van der Waals surface area contributed by atoms with Crippen molar-refractivity contribution < 1.29 is 0 Å². The van der Waals surface area contributed by atoms with E-state index in [0.29, 0.717) is 5.15 Å². The molecule has 3 nitrogen and oxygen atoms in total. The van der Waals surface area contributed by atoms with Crippen molar-refractivity contribution in [1.82, 2.24) is 9.97 Å². The van der Waals surface area contributed by atoms with Crippen LogP contribution in [0.1, 0.15) is 38.1 Å². The number of benzene rings is 1. The molecule has 0 aliphatic rings. The second kappa shape index (κ2) is 7.25. The fraction of sp³-hybridized carbons (Fsp3) is 0.375. The molecule has 0 atom stereocenters. The van der Waals surface area contributed by atoms with Crippen molar-refractivity contribution in [2.75, 3.05) is 5.32 Å². The number of hydrogen-bond acceptors (Lipinski definition) is 3. The molecule has 0 fully saturated rings. The summed E-state index contributed by atoms with van der Waals surface area (Å²) in [7, 11) is 0. The Labute approximate surface area is 125 Å². The minimum absolute atomic E-state index is 0.471. The lowest BCUT2D eigenvalue weighted by Gasteiger charge is -2.08.